The molecule has 14 aromatic rings. The topological polar surface area (TPSA) is 16.3 Å². The Morgan fingerprint density at radius 1 is 0.267 bits per heavy atom. The van der Waals surface area contributed by atoms with Crippen LogP contribution in [0.4, 0.5) is 34.1 Å². The number of unbranched alkanes of at least 4 members (excludes halogenated alkanes) is 4. The van der Waals surface area contributed by atoms with Gasteiger partial charge in [-0.25, -0.2) is 0 Å². The monoisotopic (exact) mass is 1170 g/mol. The normalized spacial score (nSPS) is 11.6. The molecule has 442 valence electrons. The first-order chi connectivity index (χ1) is 44.2. The van der Waals surface area contributed by atoms with Crippen molar-refractivity contribution in [1.29, 1.82) is 0 Å². The largest absolute Gasteiger partial charge is 0.310 e. The number of aryl methyl sites for hydroxylation is 6. The van der Waals surface area contributed by atoms with Crippen molar-refractivity contribution in [2.45, 2.75) is 92.9 Å². The molecule has 0 spiro atoms. The van der Waals surface area contributed by atoms with E-state index in [1.165, 1.54) is 149 Å². The van der Waals surface area contributed by atoms with Crippen molar-refractivity contribution >= 4 is 77.7 Å². The summed E-state index contributed by atoms with van der Waals surface area (Å²) in [6.07, 6.45) is 9.49. The Balaban J connectivity index is 0.981. The fourth-order valence-electron chi connectivity index (χ4n) is 13.8. The smallest absolute Gasteiger partial charge is 0.0547 e. The van der Waals surface area contributed by atoms with E-state index >= 15 is 0 Å². The van der Waals surface area contributed by atoms with Crippen molar-refractivity contribution in [3.63, 3.8) is 0 Å². The summed E-state index contributed by atoms with van der Waals surface area (Å²) in [4.78, 5) is 4.82. The second-order valence-corrected chi connectivity index (χ2v) is 24.8. The molecule has 0 bridgehead atoms. The highest BCUT2D eigenvalue weighted by Crippen LogP contribution is 2.49. The third kappa shape index (κ3) is 11.1. The fourth-order valence-corrected chi connectivity index (χ4v) is 13.8. The van der Waals surface area contributed by atoms with Gasteiger partial charge in [-0.2, -0.15) is 0 Å². The summed E-state index contributed by atoms with van der Waals surface area (Å²) >= 11 is 0. The maximum atomic E-state index is 2.50. The van der Waals surface area contributed by atoms with E-state index in [4.69, 9.17) is 0 Å². The minimum absolute atomic E-state index is 1.09. The van der Waals surface area contributed by atoms with E-state index in [-0.39, 0.29) is 0 Å². The van der Waals surface area contributed by atoms with Gasteiger partial charge in [0.15, 0.2) is 0 Å². The minimum Gasteiger partial charge on any atom is -0.310 e. The maximum Gasteiger partial charge on any atom is 0.0547 e. The molecule has 4 nitrogen and oxygen atoms in total. The highest BCUT2D eigenvalue weighted by molar-refractivity contribution is 6.20. The van der Waals surface area contributed by atoms with Crippen LogP contribution in [0, 0.1) is 27.7 Å². The summed E-state index contributed by atoms with van der Waals surface area (Å²) in [6, 6.07) is 101. The highest BCUT2D eigenvalue weighted by Gasteiger charge is 2.25. The molecule has 0 aliphatic heterocycles. The van der Waals surface area contributed by atoms with Crippen molar-refractivity contribution in [3.8, 4) is 44.8 Å². The first-order valence-corrected chi connectivity index (χ1v) is 32.6. The molecule has 0 unspecified atom stereocenters. The van der Waals surface area contributed by atoms with Crippen molar-refractivity contribution in [1.82, 2.24) is 9.13 Å². The van der Waals surface area contributed by atoms with Gasteiger partial charge in [-0.3, -0.25) is 0 Å². The molecule has 0 saturated carbocycles. The van der Waals surface area contributed by atoms with Crippen molar-refractivity contribution in [3.05, 3.63) is 300 Å². The lowest BCUT2D eigenvalue weighted by Crippen LogP contribution is -2.10. The van der Waals surface area contributed by atoms with Crippen LogP contribution in [-0.4, -0.2) is 9.13 Å². The van der Waals surface area contributed by atoms with Gasteiger partial charge in [0.2, 0.25) is 0 Å². The quantitative estimate of drug-likeness (QED) is 0.0750. The average molecular weight is 1170 g/mol. The Labute approximate surface area is 531 Å². The number of rotatable bonds is 19. The third-order valence-corrected chi connectivity index (χ3v) is 18.5. The second-order valence-electron chi connectivity index (χ2n) is 24.8. The number of hydrogen-bond donors (Lipinski definition) is 0. The number of nitrogens with zero attached hydrogens (tertiary/aromatic N) is 4. The molecule has 0 aliphatic rings. The van der Waals surface area contributed by atoms with Crippen molar-refractivity contribution < 1.29 is 0 Å². The Kier molecular flexibility index (Phi) is 16.1. The highest BCUT2D eigenvalue weighted by atomic mass is 15.1. The number of anilines is 6. The van der Waals surface area contributed by atoms with Crippen LogP contribution < -0.4 is 9.80 Å². The van der Waals surface area contributed by atoms with Gasteiger partial charge in [-0.1, -0.05) is 207 Å². The Bertz CT molecular complexity index is 4450. The van der Waals surface area contributed by atoms with Gasteiger partial charge in [-0.15, -0.1) is 0 Å². The van der Waals surface area contributed by atoms with E-state index < -0.39 is 0 Å². The summed E-state index contributed by atoms with van der Waals surface area (Å²) < 4.78 is 4.99. The van der Waals surface area contributed by atoms with E-state index in [0.29, 0.717) is 0 Å². The molecular formula is C86H78N4. The van der Waals surface area contributed by atoms with Crippen LogP contribution in [0.3, 0.4) is 0 Å². The molecule has 0 N–H and O–H groups in total. The molecule has 0 amide bonds. The fraction of sp³-hybridized carbons (Fsp3) is 0.163. The van der Waals surface area contributed by atoms with Gasteiger partial charge < -0.3 is 18.9 Å². The number of aromatic nitrogens is 2. The Morgan fingerprint density at radius 3 is 0.889 bits per heavy atom. The lowest BCUT2D eigenvalue weighted by atomic mass is 9.87. The third-order valence-electron chi connectivity index (χ3n) is 18.5. The molecule has 0 fully saturated rings. The molecule has 0 atom stereocenters. The van der Waals surface area contributed by atoms with Crippen LogP contribution in [0.15, 0.2) is 267 Å². The summed E-state index contributed by atoms with van der Waals surface area (Å²) in [6.45, 7) is 13.2. The van der Waals surface area contributed by atoms with Crippen LogP contribution in [-0.2, 0) is 12.8 Å². The Hall–Kier alpha value is -10.2. The molecule has 0 saturated heterocycles. The number of benzene rings is 12. The summed E-state index contributed by atoms with van der Waals surface area (Å²) in [5.41, 5.74) is 28.5. The lowest BCUT2D eigenvalue weighted by Gasteiger charge is -2.26. The molecule has 2 heterocycles. The average Bonchev–Trinajstić information content (AvgIpc) is 1.58. The molecule has 2 aromatic heterocycles. The molecule has 14 rings (SSSR count). The van der Waals surface area contributed by atoms with E-state index in [9.17, 15) is 0 Å². The Morgan fingerprint density at radius 2 is 0.567 bits per heavy atom. The van der Waals surface area contributed by atoms with Gasteiger partial charge in [-0.05, 0) is 219 Å². The van der Waals surface area contributed by atoms with Gasteiger partial charge >= 0.3 is 0 Å². The van der Waals surface area contributed by atoms with Crippen LogP contribution >= 0.6 is 0 Å². The first-order valence-electron chi connectivity index (χ1n) is 32.6. The summed E-state index contributed by atoms with van der Waals surface area (Å²) in [5.74, 6) is 0. The lowest BCUT2D eigenvalue weighted by molar-refractivity contribution is 0.717. The second kappa shape index (κ2) is 25.1. The van der Waals surface area contributed by atoms with Crippen LogP contribution in [0.25, 0.3) is 88.4 Å². The van der Waals surface area contributed by atoms with Crippen LogP contribution in [0.1, 0.15) is 85.8 Å². The zero-order valence-corrected chi connectivity index (χ0v) is 52.8. The molecule has 90 heavy (non-hydrogen) atoms. The molecule has 0 aliphatic carbocycles. The molecule has 4 heteroatoms. The standard InChI is InChI=1S/C86H78N4/c1-7-9-11-19-63-37-49-69(50-38-63)89-81-55-53-71(87(65-41-29-59(3)30-42-65)66-43-31-60(4)32-44-66)57-79(81)85-77(25-17-27-83(85)89)75-23-15-13-21-73(75)74-22-14-16-24-76(74)78-26-18-28-84-86(78)80-58-72(88(67-45-33-61(5)34-46-67)68-47-35-62(6)36-48-68)54-56-82(80)90(84)70-51-39-64(40-52-70)20-12-10-8-2/h13-18,21-58H,7-12,19-20H2,1-6H3. The zero-order valence-electron chi connectivity index (χ0n) is 52.8. The molecule has 12 aromatic carbocycles. The van der Waals surface area contributed by atoms with Crippen molar-refractivity contribution in [2.24, 2.45) is 0 Å². The predicted octanol–water partition coefficient (Wildman–Crippen LogP) is 24.5. The number of hydrogen-bond acceptors (Lipinski definition) is 2. The zero-order chi connectivity index (χ0) is 61.2. The SMILES string of the molecule is CCCCCc1ccc(-n2c3ccc(N(c4ccc(C)cc4)c4ccc(C)cc4)cc3c3c(-c4ccccc4-c4ccccc4-c4cccc5c4c4cc(N(c6ccc(C)cc6)c6ccc(C)cc6)ccc4n5-c4ccc(CCCCC)cc4)cccc32)cc1. The summed E-state index contributed by atoms with van der Waals surface area (Å²) in [5, 5.41) is 4.84. The minimum atomic E-state index is 1.09. The van der Waals surface area contributed by atoms with E-state index in [2.05, 4.69) is 327 Å². The predicted molar refractivity (Wildman–Crippen MR) is 386 cm³/mol. The van der Waals surface area contributed by atoms with E-state index in [1.54, 1.807) is 0 Å². The van der Waals surface area contributed by atoms with Gasteiger partial charge in [0.05, 0.1) is 22.1 Å². The van der Waals surface area contributed by atoms with E-state index in [1.807, 2.05) is 0 Å². The first kappa shape index (κ1) is 57.6. The number of fused-ring (bicyclic) bond motifs is 6. The van der Waals surface area contributed by atoms with Crippen molar-refractivity contribution in [2.75, 3.05) is 9.80 Å². The summed E-state index contributed by atoms with van der Waals surface area (Å²) in [7, 11) is 0. The van der Waals surface area contributed by atoms with E-state index in [0.717, 1.165) is 58.3 Å². The van der Waals surface area contributed by atoms with Gasteiger partial charge in [0, 0.05) is 67.0 Å². The van der Waals surface area contributed by atoms with Crippen LogP contribution in [0.5, 0.6) is 0 Å². The molecular weight excluding hydrogens is 1090 g/mol. The van der Waals surface area contributed by atoms with Gasteiger partial charge in [0.25, 0.3) is 0 Å². The maximum absolute atomic E-state index is 2.50. The molecule has 0 radical (unpaired) electrons. The van der Waals surface area contributed by atoms with Crippen LogP contribution in [0.2, 0.25) is 0 Å². The van der Waals surface area contributed by atoms with Gasteiger partial charge in [0.1, 0.15) is 0 Å².